The molecule has 0 aliphatic heterocycles. The number of hydrogen-bond donors (Lipinski definition) is 2. The van der Waals surface area contributed by atoms with Gasteiger partial charge in [-0.25, -0.2) is 13.1 Å². The number of para-hydroxylation sites is 1. The highest BCUT2D eigenvalue weighted by Crippen LogP contribution is 2.25. The molecule has 0 amide bonds. The zero-order valence-corrected chi connectivity index (χ0v) is 12.4. The lowest BCUT2D eigenvalue weighted by Gasteiger charge is -2.22. The van der Waals surface area contributed by atoms with Crippen LogP contribution in [0.3, 0.4) is 0 Å². The molecule has 0 bridgehead atoms. The molecular formula is C14H21NO4S. The van der Waals surface area contributed by atoms with E-state index in [0.29, 0.717) is 18.6 Å². The van der Waals surface area contributed by atoms with Crippen molar-refractivity contribution in [1.82, 2.24) is 4.72 Å². The second kappa shape index (κ2) is 6.56. The van der Waals surface area contributed by atoms with E-state index in [1.165, 1.54) is 13.2 Å². The largest absolute Gasteiger partial charge is 0.495 e. The van der Waals surface area contributed by atoms with Gasteiger partial charge in [-0.2, -0.15) is 0 Å². The molecule has 0 aromatic heterocycles. The summed E-state index contributed by atoms with van der Waals surface area (Å²) >= 11 is 0. The van der Waals surface area contributed by atoms with Crippen LogP contribution in [-0.4, -0.2) is 32.8 Å². The van der Waals surface area contributed by atoms with Gasteiger partial charge >= 0.3 is 0 Å². The van der Waals surface area contributed by atoms with Crippen LogP contribution < -0.4 is 9.46 Å². The summed E-state index contributed by atoms with van der Waals surface area (Å²) < 4.78 is 32.6. The molecule has 1 fully saturated rings. The molecule has 0 spiro atoms. The van der Waals surface area contributed by atoms with E-state index >= 15 is 0 Å². The third kappa shape index (κ3) is 3.50. The molecule has 0 heterocycles. The van der Waals surface area contributed by atoms with Crippen LogP contribution in [0.25, 0.3) is 0 Å². The van der Waals surface area contributed by atoms with Crippen LogP contribution in [0.15, 0.2) is 29.2 Å². The first-order valence-corrected chi connectivity index (χ1v) is 8.36. The Morgan fingerprint density at radius 2 is 1.90 bits per heavy atom. The van der Waals surface area contributed by atoms with Gasteiger partial charge in [0.1, 0.15) is 10.6 Å². The summed E-state index contributed by atoms with van der Waals surface area (Å²) in [5.41, 5.74) is 0. The lowest BCUT2D eigenvalue weighted by molar-refractivity contribution is 0.130. The van der Waals surface area contributed by atoms with Crippen LogP contribution in [-0.2, 0) is 10.0 Å². The minimum atomic E-state index is -3.69. The first-order valence-electron chi connectivity index (χ1n) is 6.88. The molecule has 112 valence electrons. The third-order valence-electron chi connectivity index (χ3n) is 3.64. The van der Waals surface area contributed by atoms with Crippen molar-refractivity contribution in [3.63, 3.8) is 0 Å². The molecule has 1 aliphatic rings. The average molecular weight is 299 g/mol. The summed E-state index contributed by atoms with van der Waals surface area (Å²) in [6.07, 6.45) is 3.57. The molecule has 5 nitrogen and oxygen atoms in total. The zero-order chi connectivity index (χ0) is 14.6. The Balaban J connectivity index is 2.22. The van der Waals surface area contributed by atoms with Crippen molar-refractivity contribution < 1.29 is 18.3 Å². The van der Waals surface area contributed by atoms with Gasteiger partial charge in [0.15, 0.2) is 0 Å². The summed E-state index contributed by atoms with van der Waals surface area (Å²) in [6.45, 7) is 0. The molecular weight excluding hydrogens is 278 g/mol. The fourth-order valence-electron chi connectivity index (χ4n) is 2.53. The van der Waals surface area contributed by atoms with Crippen molar-refractivity contribution >= 4 is 10.0 Å². The predicted octanol–water partition coefficient (Wildman–Crippen LogP) is 1.67. The standard InChI is InChI=1S/C14H21NO4S/c1-19-13-9-5-6-10-14(13)20(17,18)15-11-7-3-2-4-8-12(11)16/h5-6,9-12,15-16H,2-4,7-8H2,1H3. The van der Waals surface area contributed by atoms with Gasteiger partial charge in [0, 0.05) is 6.04 Å². The van der Waals surface area contributed by atoms with Crippen molar-refractivity contribution in [2.24, 2.45) is 0 Å². The van der Waals surface area contributed by atoms with E-state index in [-0.39, 0.29) is 4.90 Å². The molecule has 2 N–H and O–H groups in total. The van der Waals surface area contributed by atoms with Gasteiger partial charge in [-0.15, -0.1) is 0 Å². The first-order chi connectivity index (χ1) is 9.54. The van der Waals surface area contributed by atoms with Gasteiger partial charge in [-0.1, -0.05) is 31.4 Å². The van der Waals surface area contributed by atoms with E-state index in [9.17, 15) is 13.5 Å². The van der Waals surface area contributed by atoms with E-state index in [2.05, 4.69) is 4.72 Å². The first kappa shape index (κ1) is 15.3. The monoisotopic (exact) mass is 299 g/mol. The Kier molecular flexibility index (Phi) is 5.01. The van der Waals surface area contributed by atoms with E-state index < -0.39 is 22.2 Å². The number of aliphatic hydroxyl groups is 1. The van der Waals surface area contributed by atoms with Gasteiger partial charge in [0.2, 0.25) is 10.0 Å². The van der Waals surface area contributed by atoms with Gasteiger partial charge in [0.25, 0.3) is 0 Å². The minimum absolute atomic E-state index is 0.110. The highest BCUT2D eigenvalue weighted by molar-refractivity contribution is 7.89. The van der Waals surface area contributed by atoms with E-state index in [4.69, 9.17) is 4.74 Å². The Hall–Kier alpha value is -1.11. The van der Waals surface area contributed by atoms with Crippen LogP contribution in [0, 0.1) is 0 Å². The van der Waals surface area contributed by atoms with E-state index in [1.54, 1.807) is 18.2 Å². The van der Waals surface area contributed by atoms with E-state index in [1.807, 2.05) is 0 Å². The second-order valence-electron chi connectivity index (χ2n) is 5.08. The molecule has 0 radical (unpaired) electrons. The van der Waals surface area contributed by atoms with Crippen molar-refractivity contribution in [3.8, 4) is 5.75 Å². The number of rotatable bonds is 4. The van der Waals surface area contributed by atoms with Crippen LogP contribution in [0.5, 0.6) is 5.75 Å². The topological polar surface area (TPSA) is 75.6 Å². The maximum atomic E-state index is 12.4. The minimum Gasteiger partial charge on any atom is -0.495 e. The van der Waals surface area contributed by atoms with Crippen molar-refractivity contribution in [2.45, 2.75) is 49.1 Å². The Morgan fingerprint density at radius 3 is 2.65 bits per heavy atom. The summed E-state index contributed by atoms with van der Waals surface area (Å²) in [6, 6.07) is 6.06. The van der Waals surface area contributed by atoms with Gasteiger partial charge in [-0.05, 0) is 25.0 Å². The van der Waals surface area contributed by atoms with Crippen molar-refractivity contribution in [2.75, 3.05) is 7.11 Å². The number of hydrogen-bond acceptors (Lipinski definition) is 4. The Bertz CT molecular complexity index is 544. The summed E-state index contributed by atoms with van der Waals surface area (Å²) in [5.74, 6) is 0.308. The fraction of sp³-hybridized carbons (Fsp3) is 0.571. The molecule has 1 saturated carbocycles. The number of aliphatic hydroxyl groups excluding tert-OH is 1. The summed E-state index contributed by atoms with van der Waals surface area (Å²) in [7, 11) is -2.25. The predicted molar refractivity (Wildman–Crippen MR) is 76.2 cm³/mol. The molecule has 1 aliphatic carbocycles. The molecule has 20 heavy (non-hydrogen) atoms. The maximum Gasteiger partial charge on any atom is 0.244 e. The van der Waals surface area contributed by atoms with Gasteiger partial charge < -0.3 is 9.84 Å². The molecule has 1 aromatic carbocycles. The molecule has 0 saturated heterocycles. The summed E-state index contributed by atoms with van der Waals surface area (Å²) in [5, 5.41) is 10.0. The SMILES string of the molecule is COc1ccccc1S(=O)(=O)NC1CCCCCC1O. The summed E-state index contributed by atoms with van der Waals surface area (Å²) in [4.78, 5) is 0.110. The lowest BCUT2D eigenvalue weighted by atomic mass is 10.1. The number of benzene rings is 1. The number of methoxy groups -OCH3 is 1. The Morgan fingerprint density at radius 1 is 1.20 bits per heavy atom. The highest BCUT2D eigenvalue weighted by atomic mass is 32.2. The highest BCUT2D eigenvalue weighted by Gasteiger charge is 2.28. The van der Waals surface area contributed by atoms with Crippen LogP contribution >= 0.6 is 0 Å². The number of nitrogens with one attached hydrogen (secondary N) is 1. The Labute approximate surface area is 120 Å². The van der Waals surface area contributed by atoms with Crippen LogP contribution in [0.2, 0.25) is 0 Å². The normalized spacial score (nSPS) is 24.1. The van der Waals surface area contributed by atoms with Crippen LogP contribution in [0.1, 0.15) is 32.1 Å². The second-order valence-corrected chi connectivity index (χ2v) is 6.77. The lowest BCUT2D eigenvalue weighted by Crippen LogP contribution is -2.42. The molecule has 2 unspecified atom stereocenters. The quantitative estimate of drug-likeness (QED) is 0.829. The van der Waals surface area contributed by atoms with Crippen molar-refractivity contribution in [1.29, 1.82) is 0 Å². The molecule has 2 atom stereocenters. The van der Waals surface area contributed by atoms with Crippen LogP contribution in [0.4, 0.5) is 0 Å². The zero-order valence-electron chi connectivity index (χ0n) is 11.6. The van der Waals surface area contributed by atoms with Crippen molar-refractivity contribution in [3.05, 3.63) is 24.3 Å². The fourth-order valence-corrected chi connectivity index (χ4v) is 4.00. The third-order valence-corrected chi connectivity index (χ3v) is 5.17. The molecule has 6 heteroatoms. The molecule has 2 rings (SSSR count). The molecule has 1 aromatic rings. The maximum absolute atomic E-state index is 12.4. The van der Waals surface area contributed by atoms with E-state index in [0.717, 1.165) is 19.3 Å². The van der Waals surface area contributed by atoms with Gasteiger partial charge in [-0.3, -0.25) is 0 Å². The smallest absolute Gasteiger partial charge is 0.244 e. The number of ether oxygens (including phenoxy) is 1. The van der Waals surface area contributed by atoms with Gasteiger partial charge in [0.05, 0.1) is 13.2 Å². The number of sulfonamides is 1. The average Bonchev–Trinajstić information content (AvgIpc) is 2.64.